The molecule has 1 saturated carbocycles. The summed E-state index contributed by atoms with van der Waals surface area (Å²) in [6, 6.07) is 4.57. The molecule has 0 spiro atoms. The van der Waals surface area contributed by atoms with E-state index in [1.807, 2.05) is 0 Å². The molecule has 1 N–H and O–H groups in total. The summed E-state index contributed by atoms with van der Waals surface area (Å²) in [5.74, 6) is 0.526. The number of halogens is 3. The van der Waals surface area contributed by atoms with Gasteiger partial charge in [-0.25, -0.2) is 0 Å². The summed E-state index contributed by atoms with van der Waals surface area (Å²) < 4.78 is 49.9. The lowest BCUT2D eigenvalue weighted by Gasteiger charge is -2.40. The number of nitrogens with zero attached hydrogens (tertiary/aromatic N) is 1. The summed E-state index contributed by atoms with van der Waals surface area (Å²) >= 11 is 0. The number of hydrogen-bond acceptors (Lipinski definition) is 5. The SMILES string of the molecule is CC(C)[C@]1(C(=O)N2CCc3ccc(C(F)(F)F)cc3C2)CC[C@@H](NC2CCCOC2)C1.O=C1CCCOC1. The highest BCUT2D eigenvalue weighted by molar-refractivity contribution is 5.84. The number of Topliss-reactive ketones (excluding diaryl/α,β-unsaturated/α-hetero) is 1. The predicted octanol–water partition coefficient (Wildman–Crippen LogP) is 4.92. The van der Waals surface area contributed by atoms with E-state index in [9.17, 15) is 22.8 Å². The van der Waals surface area contributed by atoms with Crippen LogP contribution in [0.25, 0.3) is 0 Å². The van der Waals surface area contributed by atoms with Gasteiger partial charge in [0.15, 0.2) is 5.78 Å². The Balaban J connectivity index is 0.000000417. The maximum atomic E-state index is 13.7. The highest BCUT2D eigenvalue weighted by Gasteiger charge is 2.49. The van der Waals surface area contributed by atoms with Crippen molar-refractivity contribution < 1.29 is 32.2 Å². The summed E-state index contributed by atoms with van der Waals surface area (Å²) in [6.45, 7) is 7.70. The highest BCUT2D eigenvalue weighted by atomic mass is 19.4. The molecule has 3 atom stereocenters. The third kappa shape index (κ3) is 6.96. The monoisotopic (exact) mass is 538 g/mol. The lowest BCUT2D eigenvalue weighted by atomic mass is 9.73. The molecule has 0 radical (unpaired) electrons. The molecular weight excluding hydrogens is 497 g/mol. The molecule has 38 heavy (non-hydrogen) atoms. The zero-order chi connectivity index (χ0) is 27.3. The van der Waals surface area contributed by atoms with E-state index >= 15 is 0 Å². The van der Waals surface area contributed by atoms with Crippen molar-refractivity contribution in [2.75, 3.05) is 33.0 Å². The fourth-order valence-corrected chi connectivity index (χ4v) is 6.24. The second-order valence-electron chi connectivity index (χ2n) is 11.5. The lowest BCUT2D eigenvalue weighted by molar-refractivity contribution is -0.146. The van der Waals surface area contributed by atoms with Crippen molar-refractivity contribution in [3.8, 4) is 0 Å². The maximum absolute atomic E-state index is 13.7. The van der Waals surface area contributed by atoms with E-state index in [0.29, 0.717) is 31.2 Å². The Labute approximate surface area is 223 Å². The van der Waals surface area contributed by atoms with Gasteiger partial charge >= 0.3 is 6.18 Å². The number of hydrogen-bond donors (Lipinski definition) is 1. The van der Waals surface area contributed by atoms with Crippen LogP contribution >= 0.6 is 0 Å². The summed E-state index contributed by atoms with van der Waals surface area (Å²) in [4.78, 5) is 25.9. The fourth-order valence-electron chi connectivity index (χ4n) is 6.24. The van der Waals surface area contributed by atoms with Crippen LogP contribution in [-0.2, 0) is 38.2 Å². The van der Waals surface area contributed by atoms with Gasteiger partial charge in [0.2, 0.25) is 5.91 Å². The average molecular weight is 539 g/mol. The van der Waals surface area contributed by atoms with Gasteiger partial charge in [-0.3, -0.25) is 9.59 Å². The quantitative estimate of drug-likeness (QED) is 0.590. The van der Waals surface area contributed by atoms with Crippen LogP contribution in [0.4, 0.5) is 13.2 Å². The topological polar surface area (TPSA) is 67.9 Å². The van der Waals surface area contributed by atoms with Gasteiger partial charge in [0.25, 0.3) is 0 Å². The molecule has 212 valence electrons. The number of carbonyl (C=O) groups is 2. The van der Waals surface area contributed by atoms with Gasteiger partial charge in [-0.05, 0) is 74.1 Å². The first kappa shape index (κ1) is 29.0. The summed E-state index contributed by atoms with van der Waals surface area (Å²) in [5, 5.41) is 3.70. The molecular formula is C29H41F3N2O4. The van der Waals surface area contributed by atoms with E-state index in [-0.39, 0.29) is 30.2 Å². The molecule has 1 amide bonds. The Morgan fingerprint density at radius 2 is 1.87 bits per heavy atom. The Hall–Kier alpha value is -1.97. The number of fused-ring (bicyclic) bond motifs is 1. The lowest BCUT2D eigenvalue weighted by Crippen LogP contribution is -2.49. The number of benzene rings is 1. The number of amides is 1. The molecule has 3 heterocycles. The molecule has 4 aliphatic rings. The van der Waals surface area contributed by atoms with E-state index < -0.39 is 17.2 Å². The van der Waals surface area contributed by atoms with Crippen molar-refractivity contribution in [1.29, 1.82) is 0 Å². The first-order valence-electron chi connectivity index (χ1n) is 14.0. The number of ketones is 1. The van der Waals surface area contributed by atoms with Crippen LogP contribution in [0.15, 0.2) is 18.2 Å². The second-order valence-corrected chi connectivity index (χ2v) is 11.5. The number of alkyl halides is 3. The Morgan fingerprint density at radius 3 is 2.47 bits per heavy atom. The van der Waals surface area contributed by atoms with Crippen molar-refractivity contribution in [2.45, 2.75) is 90.0 Å². The predicted molar refractivity (Wildman–Crippen MR) is 138 cm³/mol. The molecule has 3 aliphatic heterocycles. The molecule has 0 aromatic heterocycles. The summed E-state index contributed by atoms with van der Waals surface area (Å²) in [7, 11) is 0. The summed E-state index contributed by atoms with van der Waals surface area (Å²) in [6.07, 6.45) is 2.59. The van der Waals surface area contributed by atoms with Crippen LogP contribution in [0.3, 0.4) is 0 Å². The molecule has 1 unspecified atom stereocenters. The third-order valence-electron chi connectivity index (χ3n) is 8.55. The van der Waals surface area contributed by atoms with E-state index in [2.05, 4.69) is 19.2 Å². The minimum atomic E-state index is -4.37. The van der Waals surface area contributed by atoms with E-state index in [1.54, 1.807) is 11.0 Å². The highest BCUT2D eigenvalue weighted by Crippen LogP contribution is 2.47. The minimum Gasteiger partial charge on any atom is -0.380 e. The smallest absolute Gasteiger partial charge is 0.380 e. The van der Waals surface area contributed by atoms with Gasteiger partial charge in [0.1, 0.15) is 6.61 Å². The van der Waals surface area contributed by atoms with Gasteiger partial charge < -0.3 is 19.7 Å². The summed E-state index contributed by atoms with van der Waals surface area (Å²) in [5.41, 5.74) is 0.449. The third-order valence-corrected chi connectivity index (χ3v) is 8.55. The number of carbonyl (C=O) groups excluding carboxylic acids is 2. The molecule has 1 aromatic carbocycles. The molecule has 5 rings (SSSR count). The Morgan fingerprint density at radius 1 is 1.08 bits per heavy atom. The molecule has 6 nitrogen and oxygen atoms in total. The zero-order valence-corrected chi connectivity index (χ0v) is 22.6. The second kappa shape index (κ2) is 12.5. The fraction of sp³-hybridized carbons (Fsp3) is 0.724. The van der Waals surface area contributed by atoms with Crippen LogP contribution < -0.4 is 5.32 Å². The first-order valence-corrected chi connectivity index (χ1v) is 14.0. The van der Waals surface area contributed by atoms with Crippen LogP contribution in [0.5, 0.6) is 0 Å². The van der Waals surface area contributed by atoms with Crippen LogP contribution in [0.2, 0.25) is 0 Å². The zero-order valence-electron chi connectivity index (χ0n) is 22.6. The minimum absolute atomic E-state index is 0.106. The standard InChI is InChI=1S/C24H33F3N2O2.C5H8O2/c1-16(2)23(9-7-20(13-23)28-21-4-3-11-31-15-21)22(30)29-10-8-17-5-6-19(24(25,26)27)12-18(17)14-29;6-5-2-1-3-7-4-5/h5-6,12,16,20-21,28H,3-4,7-11,13-15H2,1-2H3;1-4H2/t20-,21?,23+;/m1./s1. The molecule has 9 heteroatoms. The Kier molecular flexibility index (Phi) is 9.53. The van der Waals surface area contributed by atoms with Crippen molar-refractivity contribution in [3.05, 3.63) is 34.9 Å². The molecule has 1 aromatic rings. The van der Waals surface area contributed by atoms with Gasteiger partial charge in [0, 0.05) is 44.8 Å². The van der Waals surface area contributed by atoms with Crippen molar-refractivity contribution >= 4 is 11.7 Å². The number of nitrogens with one attached hydrogen (secondary N) is 1. The first-order chi connectivity index (χ1) is 18.1. The maximum Gasteiger partial charge on any atom is 0.416 e. The van der Waals surface area contributed by atoms with Crippen LogP contribution in [-0.4, -0.2) is 61.6 Å². The molecule has 3 fully saturated rings. The van der Waals surface area contributed by atoms with Gasteiger partial charge in [-0.2, -0.15) is 13.2 Å². The van der Waals surface area contributed by atoms with E-state index in [0.717, 1.165) is 76.4 Å². The van der Waals surface area contributed by atoms with E-state index in [4.69, 9.17) is 9.47 Å². The van der Waals surface area contributed by atoms with Crippen LogP contribution in [0.1, 0.15) is 75.5 Å². The number of ether oxygens (including phenoxy) is 2. The van der Waals surface area contributed by atoms with Gasteiger partial charge in [-0.15, -0.1) is 0 Å². The molecule has 2 saturated heterocycles. The number of rotatable bonds is 4. The van der Waals surface area contributed by atoms with Gasteiger partial charge in [0.05, 0.1) is 17.6 Å². The van der Waals surface area contributed by atoms with Crippen LogP contribution in [0, 0.1) is 11.3 Å². The van der Waals surface area contributed by atoms with Crippen molar-refractivity contribution in [2.24, 2.45) is 11.3 Å². The largest absolute Gasteiger partial charge is 0.416 e. The van der Waals surface area contributed by atoms with Crippen molar-refractivity contribution in [3.63, 3.8) is 0 Å². The van der Waals surface area contributed by atoms with Gasteiger partial charge in [-0.1, -0.05) is 19.9 Å². The average Bonchev–Trinajstić information content (AvgIpc) is 3.33. The normalized spacial score (nSPS) is 28.1. The molecule has 1 aliphatic carbocycles. The Bertz CT molecular complexity index is 969. The molecule has 0 bridgehead atoms. The van der Waals surface area contributed by atoms with Crippen molar-refractivity contribution in [1.82, 2.24) is 10.2 Å². The van der Waals surface area contributed by atoms with E-state index in [1.165, 1.54) is 6.07 Å².